The van der Waals surface area contributed by atoms with Gasteiger partial charge in [-0.1, -0.05) is 0 Å². The molecule has 0 amide bonds. The molecule has 0 saturated carbocycles. The summed E-state index contributed by atoms with van der Waals surface area (Å²) in [6.45, 7) is 1.16. The van der Waals surface area contributed by atoms with E-state index in [2.05, 4.69) is 10.1 Å². The second-order valence-electron chi connectivity index (χ2n) is 3.12. The molecule has 10 heteroatoms. The average Bonchev–Trinajstić information content (AvgIpc) is 2.14. The monoisotopic (exact) mass is 267 g/mol. The van der Waals surface area contributed by atoms with Crippen molar-refractivity contribution in [3.05, 3.63) is 27.4 Å². The second kappa shape index (κ2) is 4.30. The molecular weight excluding hydrogens is 260 g/mol. The molecule has 0 aliphatic rings. The molecule has 0 unspecified atom stereocenters. The Morgan fingerprint density at radius 2 is 2.06 bits per heavy atom. The Morgan fingerprint density at radius 3 is 2.41 bits per heavy atom. The quantitative estimate of drug-likeness (QED) is 0.644. The summed E-state index contributed by atoms with van der Waals surface area (Å²) in [5.74, 6) is 0. The molecule has 0 fully saturated rings. The van der Waals surface area contributed by atoms with Gasteiger partial charge in [0.1, 0.15) is 5.69 Å². The van der Waals surface area contributed by atoms with Crippen LogP contribution in [0.1, 0.15) is 17.7 Å². The molecule has 0 saturated heterocycles. The zero-order valence-electron chi connectivity index (χ0n) is 8.42. The molecule has 2 N–H and O–H groups in total. The zero-order valence-corrected chi connectivity index (χ0v) is 9.24. The molecule has 94 valence electrons. The summed E-state index contributed by atoms with van der Waals surface area (Å²) in [4.78, 5) is 12.6. The van der Waals surface area contributed by atoms with Gasteiger partial charge in [0.15, 0.2) is 0 Å². The first kappa shape index (κ1) is 13.4. The van der Waals surface area contributed by atoms with E-state index in [1.165, 1.54) is 0 Å². The largest absolute Gasteiger partial charge is 0.308 e. The van der Waals surface area contributed by atoms with Crippen LogP contribution in [0, 0.1) is 17.0 Å². The number of aromatic nitrogens is 1. The number of aryl methyl sites for hydroxylation is 1. The van der Waals surface area contributed by atoms with Gasteiger partial charge < -0.3 is 0 Å². The number of sulfonamides is 1. The highest BCUT2D eigenvalue weighted by Crippen LogP contribution is 2.28. The first-order valence-corrected chi connectivity index (χ1v) is 5.66. The number of alkyl halides is 2. The molecule has 1 aromatic rings. The van der Waals surface area contributed by atoms with Crippen molar-refractivity contribution >= 4 is 15.7 Å². The molecule has 7 nitrogen and oxygen atoms in total. The van der Waals surface area contributed by atoms with Crippen LogP contribution in [0.3, 0.4) is 0 Å². The van der Waals surface area contributed by atoms with Crippen molar-refractivity contribution < 1.29 is 22.1 Å². The van der Waals surface area contributed by atoms with E-state index in [4.69, 9.17) is 0 Å². The fraction of sp³-hybridized carbons (Fsp3) is 0.286. The third-order valence-electron chi connectivity index (χ3n) is 1.87. The minimum atomic E-state index is -4.54. The van der Waals surface area contributed by atoms with Crippen molar-refractivity contribution in [3.8, 4) is 0 Å². The number of hydrogen-bond acceptors (Lipinski definition) is 5. The zero-order chi connectivity index (χ0) is 13.4. The number of hydrogen-bond donors (Lipinski definition) is 1. The fourth-order valence-electron chi connectivity index (χ4n) is 1.16. The minimum absolute atomic E-state index is 0.181. The van der Waals surface area contributed by atoms with Gasteiger partial charge in [-0.3, -0.25) is 10.1 Å². The Balaban J connectivity index is 3.66. The molecule has 0 atom stereocenters. The van der Waals surface area contributed by atoms with Crippen LogP contribution in [-0.4, -0.2) is 18.3 Å². The summed E-state index contributed by atoms with van der Waals surface area (Å²) in [6, 6.07) is 0.703. The number of pyridine rings is 1. The maximum absolute atomic E-state index is 12.5. The molecular formula is C7H7F2N3O4S. The third kappa shape index (κ3) is 2.71. The number of primary sulfonamides is 1. The molecule has 0 radical (unpaired) electrons. The van der Waals surface area contributed by atoms with Crippen molar-refractivity contribution in [2.45, 2.75) is 18.4 Å². The van der Waals surface area contributed by atoms with Crippen molar-refractivity contribution in [2.24, 2.45) is 5.14 Å². The highest BCUT2D eigenvalue weighted by atomic mass is 32.2. The van der Waals surface area contributed by atoms with Gasteiger partial charge in [0.05, 0.1) is 4.92 Å². The SMILES string of the molecule is Cc1cc([N+](=O)[O-])c(S(N)(=O)=O)nc1C(F)F. The normalized spacial score (nSPS) is 11.8. The van der Waals surface area contributed by atoms with Gasteiger partial charge in [0.2, 0.25) is 5.03 Å². The van der Waals surface area contributed by atoms with Crippen LogP contribution < -0.4 is 5.14 Å². The van der Waals surface area contributed by atoms with Gasteiger partial charge >= 0.3 is 5.69 Å². The van der Waals surface area contributed by atoms with Gasteiger partial charge in [-0.05, 0) is 12.5 Å². The predicted octanol–water partition coefficient (Wildman–Crippen LogP) is 0.883. The molecule has 0 aliphatic carbocycles. The lowest BCUT2D eigenvalue weighted by Crippen LogP contribution is -2.17. The number of nitrogens with zero attached hydrogens (tertiary/aromatic N) is 2. The molecule has 1 aromatic heterocycles. The molecule has 1 rings (SSSR count). The molecule has 0 aromatic carbocycles. The Bertz CT molecular complexity index is 573. The average molecular weight is 267 g/mol. The summed E-state index contributed by atoms with van der Waals surface area (Å²) >= 11 is 0. The van der Waals surface area contributed by atoms with Gasteiger partial charge in [-0.15, -0.1) is 0 Å². The Hall–Kier alpha value is -1.68. The van der Waals surface area contributed by atoms with Gasteiger partial charge in [-0.25, -0.2) is 27.3 Å². The van der Waals surface area contributed by atoms with Gasteiger partial charge in [0, 0.05) is 6.07 Å². The van der Waals surface area contributed by atoms with Crippen molar-refractivity contribution in [3.63, 3.8) is 0 Å². The predicted molar refractivity (Wildman–Crippen MR) is 52.0 cm³/mol. The van der Waals surface area contributed by atoms with E-state index < -0.39 is 37.8 Å². The topological polar surface area (TPSA) is 116 Å². The van der Waals surface area contributed by atoms with E-state index in [-0.39, 0.29) is 5.56 Å². The van der Waals surface area contributed by atoms with E-state index in [1.54, 1.807) is 0 Å². The number of rotatable bonds is 3. The molecule has 1 heterocycles. The van der Waals surface area contributed by atoms with E-state index >= 15 is 0 Å². The number of nitrogens with two attached hydrogens (primary N) is 1. The van der Waals surface area contributed by atoms with Crippen molar-refractivity contribution in [1.82, 2.24) is 4.98 Å². The Kier molecular flexibility index (Phi) is 3.38. The Labute approximate surface area is 94.5 Å². The lowest BCUT2D eigenvalue weighted by atomic mass is 10.2. The van der Waals surface area contributed by atoms with Crippen LogP contribution in [0.25, 0.3) is 0 Å². The number of halogens is 2. The highest BCUT2D eigenvalue weighted by molar-refractivity contribution is 7.89. The van der Waals surface area contributed by atoms with Crippen LogP contribution in [0.4, 0.5) is 14.5 Å². The minimum Gasteiger partial charge on any atom is -0.258 e. The van der Waals surface area contributed by atoms with E-state index in [0.717, 1.165) is 6.92 Å². The Morgan fingerprint density at radius 1 is 1.53 bits per heavy atom. The van der Waals surface area contributed by atoms with Crippen LogP contribution in [-0.2, 0) is 10.0 Å². The fourth-order valence-corrected chi connectivity index (χ4v) is 1.81. The summed E-state index contributed by atoms with van der Waals surface area (Å²) in [6.07, 6.45) is -3.05. The van der Waals surface area contributed by atoms with Crippen LogP contribution in [0.15, 0.2) is 11.1 Å². The maximum Gasteiger partial charge on any atom is 0.308 e. The molecule has 0 spiro atoms. The summed E-state index contributed by atoms with van der Waals surface area (Å²) in [5, 5.41) is 14.1. The summed E-state index contributed by atoms with van der Waals surface area (Å²) < 4.78 is 46.9. The van der Waals surface area contributed by atoms with E-state index in [1.807, 2.05) is 0 Å². The van der Waals surface area contributed by atoms with Crippen molar-refractivity contribution in [1.29, 1.82) is 0 Å². The van der Waals surface area contributed by atoms with Crippen LogP contribution in [0.2, 0.25) is 0 Å². The third-order valence-corrected chi connectivity index (χ3v) is 2.71. The van der Waals surface area contributed by atoms with Crippen LogP contribution >= 0.6 is 0 Å². The summed E-state index contributed by atoms with van der Waals surface area (Å²) in [7, 11) is -4.54. The summed E-state index contributed by atoms with van der Waals surface area (Å²) in [5.41, 5.74) is -1.95. The first-order valence-electron chi connectivity index (χ1n) is 4.11. The molecule has 17 heavy (non-hydrogen) atoms. The van der Waals surface area contributed by atoms with E-state index in [0.29, 0.717) is 6.07 Å². The van der Waals surface area contributed by atoms with Crippen LogP contribution in [0.5, 0.6) is 0 Å². The van der Waals surface area contributed by atoms with Crippen molar-refractivity contribution in [2.75, 3.05) is 0 Å². The first-order chi connectivity index (χ1) is 7.64. The molecule has 0 aliphatic heterocycles. The second-order valence-corrected chi connectivity index (χ2v) is 4.59. The van der Waals surface area contributed by atoms with Gasteiger partial charge in [-0.2, -0.15) is 0 Å². The lowest BCUT2D eigenvalue weighted by Gasteiger charge is -2.06. The van der Waals surface area contributed by atoms with Gasteiger partial charge in [0.25, 0.3) is 16.4 Å². The standard InChI is InChI=1S/C7H7F2N3O4S/c1-3-2-4(12(13)14)7(17(10,15)16)11-5(3)6(8)9/h2,6H,1H3,(H2,10,15,16). The number of nitro groups is 1. The lowest BCUT2D eigenvalue weighted by molar-refractivity contribution is -0.388. The maximum atomic E-state index is 12.5. The smallest absolute Gasteiger partial charge is 0.258 e. The highest BCUT2D eigenvalue weighted by Gasteiger charge is 2.28. The molecule has 0 bridgehead atoms. The van der Waals surface area contributed by atoms with E-state index in [9.17, 15) is 27.3 Å².